The first kappa shape index (κ1) is 24.9. The van der Waals surface area contributed by atoms with Crippen molar-refractivity contribution in [1.82, 2.24) is 19.9 Å². The number of ketones is 1. The van der Waals surface area contributed by atoms with Gasteiger partial charge in [-0.1, -0.05) is 38.1 Å². The minimum absolute atomic E-state index is 0.0850. The first-order valence-electron chi connectivity index (χ1n) is 11.3. The number of anilines is 1. The van der Waals surface area contributed by atoms with E-state index in [4.69, 9.17) is 6.57 Å². The molecule has 2 N–H and O–H groups in total. The van der Waals surface area contributed by atoms with Crippen LogP contribution < -0.4 is 5.32 Å². The topological polar surface area (TPSA) is 87.9 Å². The molecule has 0 aliphatic carbocycles. The van der Waals surface area contributed by atoms with E-state index in [0.29, 0.717) is 17.5 Å². The summed E-state index contributed by atoms with van der Waals surface area (Å²) in [6, 6.07) is 8.01. The fourth-order valence-corrected chi connectivity index (χ4v) is 3.80. The van der Waals surface area contributed by atoms with Crippen LogP contribution in [0.2, 0.25) is 0 Å². The SMILES string of the molecule is [C-]#[N+]c1cnc(N[C@H](C)c2ccc(C(=O)CC(C)C)cc2)nc1-c1c[nH]c2ncc(C(F)(F)F)cc12. The van der Waals surface area contributed by atoms with Gasteiger partial charge >= 0.3 is 6.18 Å². The van der Waals surface area contributed by atoms with Crippen LogP contribution in [-0.2, 0) is 6.18 Å². The molecule has 0 unspecified atom stereocenters. The molecule has 4 rings (SSSR count). The summed E-state index contributed by atoms with van der Waals surface area (Å²) in [7, 11) is 0. The van der Waals surface area contributed by atoms with Gasteiger partial charge in [-0.15, -0.1) is 0 Å². The van der Waals surface area contributed by atoms with Crippen molar-refractivity contribution in [3.05, 3.63) is 77.0 Å². The van der Waals surface area contributed by atoms with Gasteiger partial charge in [-0.25, -0.2) is 19.8 Å². The number of halogens is 3. The molecule has 1 atom stereocenters. The van der Waals surface area contributed by atoms with E-state index in [1.807, 2.05) is 32.9 Å². The summed E-state index contributed by atoms with van der Waals surface area (Å²) in [6.45, 7) is 13.3. The number of H-pyrrole nitrogens is 1. The molecule has 3 aromatic heterocycles. The Morgan fingerprint density at radius 3 is 2.50 bits per heavy atom. The number of hydrogen-bond donors (Lipinski definition) is 2. The molecule has 7 nitrogen and oxygen atoms in total. The molecule has 0 fully saturated rings. The molecular weight excluding hydrogens is 469 g/mol. The quantitative estimate of drug-likeness (QED) is 0.214. The fraction of sp³-hybridized carbons (Fsp3) is 0.269. The zero-order chi connectivity index (χ0) is 26.0. The number of pyridine rings is 1. The highest BCUT2D eigenvalue weighted by atomic mass is 19.4. The zero-order valence-corrected chi connectivity index (χ0v) is 19.8. The number of nitrogens with one attached hydrogen (secondary N) is 2. The van der Waals surface area contributed by atoms with Gasteiger partial charge in [0.2, 0.25) is 11.6 Å². The third kappa shape index (κ3) is 5.20. The van der Waals surface area contributed by atoms with E-state index in [9.17, 15) is 18.0 Å². The Hall–Kier alpha value is -4.26. The minimum Gasteiger partial charge on any atom is -0.348 e. The summed E-state index contributed by atoms with van der Waals surface area (Å²) < 4.78 is 39.7. The Balaban J connectivity index is 1.63. The van der Waals surface area contributed by atoms with Crippen LogP contribution in [0, 0.1) is 12.5 Å². The third-order valence-corrected chi connectivity index (χ3v) is 5.68. The molecule has 0 saturated heterocycles. The first-order chi connectivity index (χ1) is 17.1. The molecule has 0 aliphatic heterocycles. The Bertz CT molecular complexity index is 1450. The van der Waals surface area contributed by atoms with Gasteiger partial charge in [0.05, 0.1) is 23.9 Å². The van der Waals surface area contributed by atoms with Gasteiger partial charge in [-0.3, -0.25) is 4.79 Å². The van der Waals surface area contributed by atoms with Crippen molar-refractivity contribution in [3.8, 4) is 11.3 Å². The molecule has 0 saturated carbocycles. The van der Waals surface area contributed by atoms with Crippen molar-refractivity contribution < 1.29 is 18.0 Å². The molecule has 1 aromatic carbocycles. The van der Waals surface area contributed by atoms with Crippen LogP contribution in [0.15, 0.2) is 48.9 Å². The lowest BCUT2D eigenvalue weighted by Gasteiger charge is -2.16. The van der Waals surface area contributed by atoms with Crippen LogP contribution in [0.25, 0.3) is 27.1 Å². The molecular formula is C26H23F3N6O. The number of hydrogen-bond acceptors (Lipinski definition) is 5. The van der Waals surface area contributed by atoms with Gasteiger partial charge < -0.3 is 10.3 Å². The van der Waals surface area contributed by atoms with Gasteiger partial charge in [-0.05, 0) is 24.5 Å². The monoisotopic (exact) mass is 492 g/mol. The van der Waals surface area contributed by atoms with Crippen LogP contribution in [0.4, 0.5) is 24.8 Å². The normalized spacial score (nSPS) is 12.5. The highest BCUT2D eigenvalue weighted by Crippen LogP contribution is 2.37. The van der Waals surface area contributed by atoms with Crippen LogP contribution in [0.5, 0.6) is 0 Å². The maximum atomic E-state index is 13.2. The minimum atomic E-state index is -4.55. The first-order valence-corrected chi connectivity index (χ1v) is 11.3. The highest BCUT2D eigenvalue weighted by Gasteiger charge is 2.31. The zero-order valence-electron chi connectivity index (χ0n) is 19.8. The Morgan fingerprint density at radius 1 is 1.14 bits per heavy atom. The lowest BCUT2D eigenvalue weighted by Crippen LogP contribution is -2.10. The second-order valence-electron chi connectivity index (χ2n) is 8.87. The number of aromatic amines is 1. The summed E-state index contributed by atoms with van der Waals surface area (Å²) >= 11 is 0. The molecule has 4 aromatic rings. The van der Waals surface area contributed by atoms with Crippen molar-refractivity contribution >= 4 is 28.5 Å². The van der Waals surface area contributed by atoms with E-state index in [1.54, 1.807) is 12.1 Å². The number of Topliss-reactive ketones (excluding diaryl/α,β-unsaturated/α-hetero) is 1. The van der Waals surface area contributed by atoms with Crippen molar-refractivity contribution in [1.29, 1.82) is 0 Å². The van der Waals surface area contributed by atoms with Gasteiger partial charge in [0, 0.05) is 41.5 Å². The number of benzene rings is 1. The maximum Gasteiger partial charge on any atom is 0.417 e. The van der Waals surface area contributed by atoms with E-state index in [-0.39, 0.29) is 46.1 Å². The molecule has 0 aliphatic rings. The van der Waals surface area contributed by atoms with Crippen LogP contribution >= 0.6 is 0 Å². The standard InChI is InChI=1S/C26H23F3N6O/c1-14(2)9-22(36)17-7-5-16(6-8-17)15(3)34-25-33-13-21(30-4)23(35-25)20-12-32-24-19(20)10-18(11-31-24)26(27,28)29/h5-8,10-15H,9H2,1-3H3,(H,31,32)(H,33,34,35)/t15-/m1/s1. The van der Waals surface area contributed by atoms with Crippen LogP contribution in [-0.4, -0.2) is 25.7 Å². The average Bonchev–Trinajstić information content (AvgIpc) is 3.26. The Morgan fingerprint density at radius 2 is 1.86 bits per heavy atom. The Labute approximate surface area is 205 Å². The molecule has 184 valence electrons. The van der Waals surface area contributed by atoms with Gasteiger partial charge in [0.1, 0.15) is 5.65 Å². The number of carbonyl (C=O) groups excluding carboxylic acids is 1. The molecule has 36 heavy (non-hydrogen) atoms. The average molecular weight is 493 g/mol. The highest BCUT2D eigenvalue weighted by molar-refractivity contribution is 5.97. The van der Waals surface area contributed by atoms with Crippen molar-refractivity contribution in [3.63, 3.8) is 0 Å². The van der Waals surface area contributed by atoms with Gasteiger partial charge in [0.25, 0.3) is 0 Å². The Kier molecular flexibility index (Phi) is 6.75. The van der Waals surface area contributed by atoms with E-state index in [0.717, 1.165) is 17.8 Å². The smallest absolute Gasteiger partial charge is 0.348 e. The number of carbonyl (C=O) groups is 1. The maximum absolute atomic E-state index is 13.2. The van der Waals surface area contributed by atoms with Gasteiger partial charge in [0.15, 0.2) is 5.78 Å². The van der Waals surface area contributed by atoms with Crippen molar-refractivity contribution in [2.45, 2.75) is 39.4 Å². The predicted octanol–water partition coefficient (Wildman–Crippen LogP) is 6.99. The number of rotatable bonds is 7. The molecule has 0 radical (unpaired) electrons. The van der Waals surface area contributed by atoms with E-state index in [2.05, 4.69) is 30.1 Å². The summed E-state index contributed by atoms with van der Waals surface area (Å²) in [5, 5.41) is 3.36. The molecule has 10 heteroatoms. The van der Waals surface area contributed by atoms with E-state index < -0.39 is 11.7 Å². The largest absolute Gasteiger partial charge is 0.417 e. The predicted molar refractivity (Wildman–Crippen MR) is 131 cm³/mol. The summed E-state index contributed by atoms with van der Waals surface area (Å²) in [5.74, 6) is 0.566. The van der Waals surface area contributed by atoms with E-state index in [1.165, 1.54) is 12.4 Å². The van der Waals surface area contributed by atoms with Crippen molar-refractivity contribution in [2.75, 3.05) is 5.32 Å². The third-order valence-electron chi connectivity index (χ3n) is 5.68. The van der Waals surface area contributed by atoms with Crippen LogP contribution in [0.3, 0.4) is 0 Å². The number of aromatic nitrogens is 4. The lowest BCUT2D eigenvalue weighted by atomic mass is 9.99. The van der Waals surface area contributed by atoms with Crippen molar-refractivity contribution in [2.24, 2.45) is 5.92 Å². The fourth-order valence-electron chi connectivity index (χ4n) is 3.80. The number of alkyl halides is 3. The molecule has 0 spiro atoms. The second kappa shape index (κ2) is 9.77. The summed E-state index contributed by atoms with van der Waals surface area (Å²) in [4.78, 5) is 31.1. The molecule has 0 amide bonds. The lowest BCUT2D eigenvalue weighted by molar-refractivity contribution is -0.137. The number of fused-ring (bicyclic) bond motifs is 1. The number of nitrogens with zero attached hydrogens (tertiary/aromatic N) is 4. The van der Waals surface area contributed by atoms with Crippen LogP contribution in [0.1, 0.15) is 54.7 Å². The molecule has 0 bridgehead atoms. The molecule has 3 heterocycles. The summed E-state index contributed by atoms with van der Waals surface area (Å²) in [6.07, 6.45) is -0.506. The van der Waals surface area contributed by atoms with E-state index >= 15 is 0 Å². The van der Waals surface area contributed by atoms with Gasteiger partial charge in [-0.2, -0.15) is 13.2 Å². The second-order valence-corrected chi connectivity index (χ2v) is 8.87. The summed E-state index contributed by atoms with van der Waals surface area (Å²) in [5.41, 5.74) is 1.50.